The summed E-state index contributed by atoms with van der Waals surface area (Å²) in [4.78, 5) is 105. The zero-order valence-corrected chi connectivity index (χ0v) is 35.8. The third-order valence-electron chi connectivity index (χ3n) is 12.1. The van der Waals surface area contributed by atoms with Crippen LogP contribution in [0.25, 0.3) is 86.2 Å². The Morgan fingerprint density at radius 2 is 0.522 bits per heavy atom. The molecule has 0 saturated heterocycles. The third kappa shape index (κ3) is 5.72. The van der Waals surface area contributed by atoms with Gasteiger partial charge in [-0.1, -0.05) is 82.8 Å². The minimum atomic E-state index is -1.59. The second-order valence-electron chi connectivity index (χ2n) is 15.2. The van der Waals surface area contributed by atoms with Crippen LogP contribution in [0.5, 0.6) is 0 Å². The summed E-state index contributed by atoms with van der Waals surface area (Å²) in [6.45, 7) is 0. The van der Waals surface area contributed by atoms with Gasteiger partial charge < -0.3 is 35.4 Å². The van der Waals surface area contributed by atoms with Gasteiger partial charge in [-0.25, -0.2) is 38.4 Å². The molecule has 0 spiro atoms. The van der Waals surface area contributed by atoms with Crippen molar-refractivity contribution in [2.24, 2.45) is 0 Å². The number of fused-ring (bicyclic) bond motifs is 4. The number of ether oxygens (including phenoxy) is 1. The van der Waals surface area contributed by atoms with E-state index in [0.29, 0.717) is 0 Å². The number of carboxylic acid groups (broad SMARTS) is 6. The number of hydrogen-bond donors (Lipinski definition) is 6. The van der Waals surface area contributed by atoms with E-state index in [1.54, 1.807) is 0 Å². The van der Waals surface area contributed by atoms with E-state index in [4.69, 9.17) is 51.1 Å². The highest BCUT2D eigenvalue weighted by Gasteiger charge is 2.35. The molecule has 10 rings (SSSR count). The van der Waals surface area contributed by atoms with Crippen LogP contribution < -0.4 is 0 Å². The summed E-state index contributed by atoms with van der Waals surface area (Å²) in [7, 11) is 0. The Labute approximate surface area is 389 Å². The number of carbonyl (C=O) groups is 8. The fourth-order valence-electron chi connectivity index (χ4n) is 9.57. The van der Waals surface area contributed by atoms with Crippen LogP contribution in [-0.2, 0) is 4.74 Å². The number of halogens is 4. The first-order valence-electron chi connectivity index (χ1n) is 19.1. The molecular weight excluding hydrogens is 958 g/mol. The van der Waals surface area contributed by atoms with Crippen molar-refractivity contribution in [1.82, 2.24) is 0 Å². The van der Waals surface area contributed by atoms with E-state index >= 15 is 0 Å². The molecule has 0 radical (unpaired) electrons. The molecule has 0 unspecified atom stereocenters. The Morgan fingerprint density at radius 3 is 0.791 bits per heavy atom. The molecule has 0 atom stereocenters. The first-order chi connectivity index (χ1) is 31.8. The quantitative estimate of drug-likeness (QED) is 0.0358. The smallest absolute Gasteiger partial charge is 0.348 e. The lowest BCUT2D eigenvalue weighted by atomic mass is 9.84. The van der Waals surface area contributed by atoms with Gasteiger partial charge in [-0.15, -0.1) is 0 Å². The fraction of sp³-hybridized carbons (Fsp3) is 0. The van der Waals surface area contributed by atoms with Crippen LogP contribution in [0.4, 0.5) is 0 Å². The van der Waals surface area contributed by atoms with Crippen LogP contribution >= 0.6 is 46.4 Å². The molecule has 0 fully saturated rings. The molecule has 0 aromatic heterocycles. The molecule has 0 aliphatic carbocycles. The molecule has 0 saturated carbocycles. The molecule has 0 aliphatic rings. The Balaban J connectivity index is 1.25. The van der Waals surface area contributed by atoms with E-state index in [0.717, 1.165) is 24.3 Å². The maximum Gasteiger partial charge on any atom is 0.348 e. The average Bonchev–Trinajstić information content (AvgIpc) is 3.27. The van der Waals surface area contributed by atoms with Crippen LogP contribution in [0.2, 0.25) is 20.1 Å². The molecule has 15 nitrogen and oxygen atoms in total. The molecule has 0 aliphatic heterocycles. The standard InChI is InChI=1S/C48H18Cl4O15/c49-37-33-17-5-11-21(43(57)58)27-19(41(53)54)7-1-13(25(17)27)15-3-9-23(45(61)62)31(29(15)33)35(39(37)51)47(65)67-48(66)36-32-24(46(63)64)10-4-16-14-2-8-20(42(55)56)28-22(44(59)60)12-6-18(26(14)28)34(30(16)32)38(50)40(36)52/h1-12H,(H,53,54)(H,55,56)(H,57,58)(H,59,60)(H,61,62)(H,63,64). The Hall–Kier alpha value is -8.08. The van der Waals surface area contributed by atoms with Crippen LogP contribution in [0, 0.1) is 0 Å². The molecule has 6 N–H and O–H groups in total. The lowest BCUT2D eigenvalue weighted by molar-refractivity contribution is 0.0398. The average molecular weight is 976 g/mol. The van der Waals surface area contributed by atoms with Crippen molar-refractivity contribution in [3.63, 3.8) is 0 Å². The molecule has 0 heterocycles. The summed E-state index contributed by atoms with van der Waals surface area (Å²) in [6, 6.07) is 14.9. The van der Waals surface area contributed by atoms with E-state index in [2.05, 4.69) is 0 Å². The van der Waals surface area contributed by atoms with Gasteiger partial charge in [0.1, 0.15) is 0 Å². The van der Waals surface area contributed by atoms with Gasteiger partial charge >= 0.3 is 47.8 Å². The molecule has 328 valence electrons. The Kier molecular flexibility index (Phi) is 9.41. The van der Waals surface area contributed by atoms with Crippen LogP contribution in [-0.4, -0.2) is 78.4 Å². The fourth-order valence-corrected chi connectivity index (χ4v) is 10.7. The summed E-state index contributed by atoms with van der Waals surface area (Å²) >= 11 is 27.7. The van der Waals surface area contributed by atoms with Gasteiger partial charge in [0.25, 0.3) is 0 Å². The summed E-state index contributed by atoms with van der Waals surface area (Å²) < 4.78 is 5.45. The van der Waals surface area contributed by atoms with Gasteiger partial charge in [-0.3, -0.25) is 0 Å². The van der Waals surface area contributed by atoms with Crippen molar-refractivity contribution in [3.8, 4) is 0 Å². The largest absolute Gasteiger partial charge is 0.478 e. The van der Waals surface area contributed by atoms with Crippen molar-refractivity contribution >= 4 is 180 Å². The summed E-state index contributed by atoms with van der Waals surface area (Å²) in [5.74, 6) is -12.2. The number of benzene rings is 10. The van der Waals surface area contributed by atoms with Crippen LogP contribution in [0.1, 0.15) is 82.9 Å². The Bertz CT molecular complexity index is 3820. The van der Waals surface area contributed by atoms with E-state index in [9.17, 15) is 69.0 Å². The molecule has 0 bridgehead atoms. The minimum Gasteiger partial charge on any atom is -0.478 e. The van der Waals surface area contributed by atoms with Gasteiger partial charge in [0.15, 0.2) is 0 Å². The summed E-state index contributed by atoms with van der Waals surface area (Å²) in [5, 5.41) is 59.3. The number of carboxylic acids is 6. The van der Waals surface area contributed by atoms with Crippen LogP contribution in [0.3, 0.4) is 0 Å². The van der Waals surface area contributed by atoms with Gasteiger partial charge in [0.05, 0.1) is 64.6 Å². The maximum absolute atomic E-state index is 14.6. The van der Waals surface area contributed by atoms with Crippen molar-refractivity contribution in [3.05, 3.63) is 137 Å². The maximum atomic E-state index is 14.6. The van der Waals surface area contributed by atoms with Gasteiger partial charge in [-0.05, 0) is 79.5 Å². The van der Waals surface area contributed by atoms with Crippen LogP contribution in [0.15, 0.2) is 72.8 Å². The molecule has 10 aromatic rings. The summed E-state index contributed by atoms with van der Waals surface area (Å²) in [6.07, 6.45) is 0. The molecule has 0 amide bonds. The van der Waals surface area contributed by atoms with E-state index in [-0.39, 0.29) is 97.7 Å². The highest BCUT2D eigenvalue weighted by Crippen LogP contribution is 2.52. The number of rotatable bonds is 8. The number of esters is 2. The van der Waals surface area contributed by atoms with Crippen molar-refractivity contribution in [2.75, 3.05) is 0 Å². The van der Waals surface area contributed by atoms with Gasteiger partial charge in [0.2, 0.25) is 0 Å². The number of hydrogen-bond acceptors (Lipinski definition) is 9. The second kappa shape index (κ2) is 14.7. The first kappa shape index (κ1) is 42.8. The lowest BCUT2D eigenvalue weighted by Gasteiger charge is -2.22. The predicted octanol–water partition coefficient (Wildman–Crippen LogP) is 11.6. The SMILES string of the molecule is O=C(O)c1ccc2c3ccc(C(=O)O)c4c(C(=O)OC(=O)c5c(Cl)c(Cl)c6c7ccc(C(=O)O)c8c(C(=O)O)ccc(c9ccc(C(=O)O)c5c96)c87)c(Cl)c(Cl)c(c5ccc(C(=O)O)c1c25)c43. The predicted molar refractivity (Wildman–Crippen MR) is 247 cm³/mol. The lowest BCUT2D eigenvalue weighted by Crippen LogP contribution is -2.17. The highest BCUT2D eigenvalue weighted by molar-refractivity contribution is 6.55. The number of aromatic carboxylic acids is 6. The van der Waals surface area contributed by atoms with E-state index in [1.807, 2.05) is 0 Å². The molecular formula is C48H18Cl4O15. The van der Waals surface area contributed by atoms with E-state index in [1.165, 1.54) is 48.5 Å². The van der Waals surface area contributed by atoms with Crippen molar-refractivity contribution < 1.29 is 73.7 Å². The van der Waals surface area contributed by atoms with Gasteiger partial charge in [-0.2, -0.15) is 0 Å². The number of carbonyl (C=O) groups excluding carboxylic acids is 2. The summed E-state index contributed by atoms with van der Waals surface area (Å²) in [5.41, 5.74) is -4.04. The minimum absolute atomic E-state index is 0.00892. The molecule has 19 heteroatoms. The molecule has 10 aromatic carbocycles. The first-order valence-corrected chi connectivity index (χ1v) is 20.6. The monoisotopic (exact) mass is 974 g/mol. The molecule has 67 heavy (non-hydrogen) atoms. The normalized spacial score (nSPS) is 11.8. The van der Waals surface area contributed by atoms with E-state index < -0.39 is 101 Å². The topological polar surface area (TPSA) is 267 Å². The van der Waals surface area contributed by atoms with Crippen molar-refractivity contribution in [2.45, 2.75) is 0 Å². The van der Waals surface area contributed by atoms with Crippen molar-refractivity contribution in [1.29, 1.82) is 0 Å². The third-order valence-corrected chi connectivity index (χ3v) is 13.8. The zero-order chi connectivity index (χ0) is 48.0. The Morgan fingerprint density at radius 1 is 0.284 bits per heavy atom. The van der Waals surface area contributed by atoms with Gasteiger partial charge in [0, 0.05) is 43.1 Å². The second-order valence-corrected chi connectivity index (χ2v) is 16.7. The zero-order valence-electron chi connectivity index (χ0n) is 32.8. The highest BCUT2D eigenvalue weighted by atomic mass is 35.5.